The van der Waals surface area contributed by atoms with Crippen LogP contribution in [0, 0.1) is 6.92 Å². The molecule has 1 aliphatic rings. The van der Waals surface area contributed by atoms with Crippen LogP contribution in [-0.4, -0.2) is 29.0 Å². The minimum Gasteiger partial charge on any atom is -0.313 e. The maximum atomic E-state index is 13.4. The first-order valence-electron chi connectivity index (χ1n) is 11.2. The Hall–Kier alpha value is -3.05. The van der Waals surface area contributed by atoms with E-state index >= 15 is 0 Å². The van der Waals surface area contributed by atoms with Gasteiger partial charge in [-0.25, -0.2) is 0 Å². The molecule has 160 valence electrons. The third-order valence-corrected chi connectivity index (χ3v) is 5.92. The van der Waals surface area contributed by atoms with E-state index in [9.17, 15) is 4.79 Å². The van der Waals surface area contributed by atoms with Crippen LogP contribution in [0.1, 0.15) is 53.6 Å². The summed E-state index contributed by atoms with van der Waals surface area (Å²) in [6, 6.07) is 12.1. The fourth-order valence-corrected chi connectivity index (χ4v) is 4.17. The summed E-state index contributed by atoms with van der Waals surface area (Å²) >= 11 is 0. The highest BCUT2D eigenvalue weighted by Gasteiger charge is 2.21. The molecule has 3 aromatic rings. The maximum Gasteiger partial charge on any atom is 0.259 e. The number of aryl methyl sites for hydroxylation is 1. The second kappa shape index (κ2) is 10.3. The highest BCUT2D eigenvalue weighted by molar-refractivity contribution is 6.06. The predicted octanol–water partition coefficient (Wildman–Crippen LogP) is 5.15. The molecule has 3 heterocycles. The van der Waals surface area contributed by atoms with Crippen molar-refractivity contribution in [1.82, 2.24) is 15.3 Å². The lowest BCUT2D eigenvalue weighted by Crippen LogP contribution is -2.33. The Balaban J connectivity index is 1.75. The first-order valence-corrected chi connectivity index (χ1v) is 11.2. The quantitative estimate of drug-likeness (QED) is 0.630. The summed E-state index contributed by atoms with van der Waals surface area (Å²) in [7, 11) is 0. The van der Waals surface area contributed by atoms with Crippen molar-refractivity contribution in [3.8, 4) is 11.1 Å². The van der Waals surface area contributed by atoms with Gasteiger partial charge in [0.1, 0.15) is 0 Å². The Morgan fingerprint density at radius 3 is 2.65 bits per heavy atom. The second-order valence-corrected chi connectivity index (χ2v) is 8.18. The number of amides is 1. The van der Waals surface area contributed by atoms with Crippen LogP contribution in [0.3, 0.4) is 0 Å². The molecule has 0 radical (unpaired) electrons. The van der Waals surface area contributed by atoms with Crippen LogP contribution in [0.4, 0.5) is 5.69 Å². The van der Waals surface area contributed by atoms with Crippen LogP contribution in [0.25, 0.3) is 11.1 Å². The molecule has 5 nitrogen and oxygen atoms in total. The number of nitrogens with zero attached hydrogens (tertiary/aromatic N) is 3. The highest BCUT2D eigenvalue weighted by atomic mass is 16.2. The Morgan fingerprint density at radius 1 is 0.968 bits per heavy atom. The van der Waals surface area contributed by atoms with Gasteiger partial charge in [-0.3, -0.25) is 14.8 Å². The Bertz CT molecular complexity index is 1020. The van der Waals surface area contributed by atoms with Crippen molar-refractivity contribution in [2.24, 2.45) is 0 Å². The first kappa shape index (κ1) is 21.2. The molecule has 0 spiro atoms. The standard InChI is InChI=1S/C26H30N4O/c1-20-11-14-29-19-24(20)21-9-10-25-23(16-21)18-27-12-5-3-2-4-6-15-30(25)26(31)22-8-7-13-28-17-22/h7-11,13-14,16-17,19,27H,2-6,12,15,18H2,1H3. The van der Waals surface area contributed by atoms with E-state index in [2.05, 4.69) is 40.4 Å². The molecule has 0 saturated heterocycles. The lowest BCUT2D eigenvalue weighted by molar-refractivity contribution is 0.0986. The molecule has 0 aliphatic carbocycles. The summed E-state index contributed by atoms with van der Waals surface area (Å²) in [5.74, 6) is 0.0108. The molecule has 0 unspecified atom stereocenters. The van der Waals surface area contributed by atoms with Gasteiger partial charge in [-0.1, -0.05) is 25.3 Å². The van der Waals surface area contributed by atoms with Gasteiger partial charge in [0.15, 0.2) is 0 Å². The maximum absolute atomic E-state index is 13.4. The van der Waals surface area contributed by atoms with Crippen molar-refractivity contribution < 1.29 is 4.79 Å². The molecule has 4 rings (SSSR count). The number of aromatic nitrogens is 2. The van der Waals surface area contributed by atoms with Gasteiger partial charge in [0, 0.05) is 49.1 Å². The minimum atomic E-state index is 0.0108. The number of fused-ring (bicyclic) bond motifs is 1. The molecular weight excluding hydrogens is 384 g/mol. The van der Waals surface area contributed by atoms with E-state index in [0.29, 0.717) is 12.1 Å². The van der Waals surface area contributed by atoms with E-state index in [4.69, 9.17) is 0 Å². The molecule has 5 heteroatoms. The number of carbonyl (C=O) groups is 1. The van der Waals surface area contributed by atoms with Gasteiger partial charge in [-0.05, 0) is 73.3 Å². The van der Waals surface area contributed by atoms with Gasteiger partial charge in [0.05, 0.1) is 5.56 Å². The van der Waals surface area contributed by atoms with Crippen molar-refractivity contribution in [1.29, 1.82) is 0 Å². The van der Waals surface area contributed by atoms with E-state index in [0.717, 1.165) is 48.3 Å². The molecule has 0 bridgehead atoms. The molecule has 2 aromatic heterocycles. The molecule has 31 heavy (non-hydrogen) atoms. The number of anilines is 1. The molecule has 1 aliphatic heterocycles. The van der Waals surface area contributed by atoms with Crippen LogP contribution >= 0.6 is 0 Å². The van der Waals surface area contributed by atoms with Crippen molar-refractivity contribution in [2.75, 3.05) is 18.0 Å². The number of benzene rings is 1. The van der Waals surface area contributed by atoms with E-state index in [1.807, 2.05) is 35.5 Å². The first-order chi connectivity index (χ1) is 15.2. The van der Waals surface area contributed by atoms with Gasteiger partial charge in [-0.15, -0.1) is 0 Å². The largest absolute Gasteiger partial charge is 0.313 e. The number of pyridine rings is 2. The summed E-state index contributed by atoms with van der Waals surface area (Å²) in [5.41, 5.74) is 6.19. The van der Waals surface area contributed by atoms with E-state index in [1.165, 1.54) is 24.8 Å². The summed E-state index contributed by atoms with van der Waals surface area (Å²) in [5, 5.41) is 3.59. The van der Waals surface area contributed by atoms with E-state index in [-0.39, 0.29) is 5.91 Å². The average molecular weight is 415 g/mol. The van der Waals surface area contributed by atoms with Gasteiger partial charge < -0.3 is 10.2 Å². The lowest BCUT2D eigenvalue weighted by Gasteiger charge is -2.27. The van der Waals surface area contributed by atoms with Gasteiger partial charge in [0.2, 0.25) is 0 Å². The number of hydrogen-bond acceptors (Lipinski definition) is 4. The van der Waals surface area contributed by atoms with E-state index < -0.39 is 0 Å². The van der Waals surface area contributed by atoms with Crippen LogP contribution in [0.2, 0.25) is 0 Å². The van der Waals surface area contributed by atoms with Gasteiger partial charge in [0.25, 0.3) is 5.91 Å². The van der Waals surface area contributed by atoms with Gasteiger partial charge >= 0.3 is 0 Å². The van der Waals surface area contributed by atoms with Gasteiger partial charge in [-0.2, -0.15) is 0 Å². The van der Waals surface area contributed by atoms with Crippen molar-refractivity contribution >= 4 is 11.6 Å². The third-order valence-electron chi connectivity index (χ3n) is 5.92. The molecule has 0 atom stereocenters. The normalized spacial score (nSPS) is 15.5. The molecule has 0 fully saturated rings. The van der Waals surface area contributed by atoms with Crippen molar-refractivity contribution in [3.63, 3.8) is 0 Å². The van der Waals surface area contributed by atoms with Crippen molar-refractivity contribution in [2.45, 2.75) is 45.6 Å². The zero-order chi connectivity index (χ0) is 21.5. The number of carbonyl (C=O) groups excluding carboxylic acids is 1. The highest BCUT2D eigenvalue weighted by Crippen LogP contribution is 2.30. The molecule has 0 saturated carbocycles. The SMILES string of the molecule is Cc1ccncc1-c1ccc2c(c1)CNCCCCCCCN2C(=O)c1cccnc1. The second-order valence-electron chi connectivity index (χ2n) is 8.18. The summed E-state index contributed by atoms with van der Waals surface area (Å²) in [6.45, 7) is 4.55. The lowest BCUT2D eigenvalue weighted by atomic mass is 9.98. The summed E-state index contributed by atoms with van der Waals surface area (Å²) in [4.78, 5) is 23.9. The monoisotopic (exact) mass is 414 g/mol. The topological polar surface area (TPSA) is 58.1 Å². The molecular formula is C26H30N4O. The van der Waals surface area contributed by atoms with Crippen LogP contribution in [-0.2, 0) is 6.54 Å². The zero-order valence-electron chi connectivity index (χ0n) is 18.2. The van der Waals surface area contributed by atoms with Crippen LogP contribution < -0.4 is 10.2 Å². The van der Waals surface area contributed by atoms with E-state index in [1.54, 1.807) is 12.4 Å². The predicted molar refractivity (Wildman–Crippen MR) is 125 cm³/mol. The zero-order valence-corrected chi connectivity index (χ0v) is 18.2. The molecule has 1 amide bonds. The Labute approximate surface area is 184 Å². The minimum absolute atomic E-state index is 0.0108. The van der Waals surface area contributed by atoms with Crippen LogP contribution in [0.15, 0.2) is 61.2 Å². The fraction of sp³-hybridized carbons (Fsp3) is 0.346. The molecule has 1 N–H and O–H groups in total. The Morgan fingerprint density at radius 2 is 1.81 bits per heavy atom. The summed E-state index contributed by atoms with van der Waals surface area (Å²) < 4.78 is 0. The summed E-state index contributed by atoms with van der Waals surface area (Å²) in [6.07, 6.45) is 12.9. The van der Waals surface area contributed by atoms with Crippen LogP contribution in [0.5, 0.6) is 0 Å². The van der Waals surface area contributed by atoms with Crippen molar-refractivity contribution in [3.05, 3.63) is 77.9 Å². The number of hydrogen-bond donors (Lipinski definition) is 1. The Kier molecular flexibility index (Phi) is 7.05. The molecule has 1 aromatic carbocycles. The fourth-order valence-electron chi connectivity index (χ4n) is 4.17. The smallest absolute Gasteiger partial charge is 0.259 e. The third kappa shape index (κ3) is 5.17. The number of nitrogens with one attached hydrogen (secondary N) is 1. The number of rotatable bonds is 2. The average Bonchev–Trinajstić information content (AvgIpc) is 2.80.